The molecule has 1 rings (SSSR count). The van der Waals surface area contributed by atoms with E-state index < -0.39 is 5.54 Å². The van der Waals surface area contributed by atoms with E-state index in [9.17, 15) is 4.79 Å². The molecule has 0 heterocycles. The largest absolute Gasteiger partial charge is 0.368 e. The van der Waals surface area contributed by atoms with Gasteiger partial charge in [-0.05, 0) is 18.7 Å². The highest BCUT2D eigenvalue weighted by molar-refractivity contribution is 7.98. The monoisotopic (exact) mass is 238 g/mol. The molecule has 0 aliphatic carbocycles. The maximum absolute atomic E-state index is 11.6. The van der Waals surface area contributed by atoms with Crippen molar-refractivity contribution in [3.8, 4) is 0 Å². The van der Waals surface area contributed by atoms with Crippen molar-refractivity contribution in [1.82, 2.24) is 5.32 Å². The highest BCUT2D eigenvalue weighted by Gasteiger charge is 2.31. The van der Waals surface area contributed by atoms with Crippen molar-refractivity contribution in [3.63, 3.8) is 0 Å². The van der Waals surface area contributed by atoms with Crippen molar-refractivity contribution >= 4 is 17.7 Å². The number of thioether (sulfide) groups is 1. The highest BCUT2D eigenvalue weighted by atomic mass is 32.2. The van der Waals surface area contributed by atoms with Crippen LogP contribution in [-0.4, -0.2) is 24.5 Å². The molecule has 1 amide bonds. The van der Waals surface area contributed by atoms with Crippen molar-refractivity contribution in [2.75, 3.05) is 18.6 Å². The first kappa shape index (κ1) is 13.1. The second-order valence-corrected chi connectivity index (χ2v) is 4.76. The molecule has 1 aromatic carbocycles. The number of benzene rings is 1. The zero-order valence-electron chi connectivity index (χ0n) is 9.69. The van der Waals surface area contributed by atoms with Crippen molar-refractivity contribution in [2.24, 2.45) is 5.73 Å². The lowest BCUT2D eigenvalue weighted by atomic mass is 9.91. The minimum Gasteiger partial charge on any atom is -0.368 e. The molecule has 1 unspecified atom stereocenters. The maximum Gasteiger partial charge on any atom is 0.242 e. The third-order valence-electron chi connectivity index (χ3n) is 2.63. The quantitative estimate of drug-likeness (QED) is 0.735. The number of carbonyl (C=O) groups excluding carboxylic acids is 1. The predicted molar refractivity (Wildman–Crippen MR) is 69.4 cm³/mol. The summed E-state index contributed by atoms with van der Waals surface area (Å²) in [5.74, 6) is 0.607. The predicted octanol–water partition coefficient (Wildman–Crippen LogP) is 1.34. The summed E-state index contributed by atoms with van der Waals surface area (Å²) >= 11 is 1.73. The Morgan fingerprint density at radius 2 is 2.06 bits per heavy atom. The molecule has 0 radical (unpaired) electrons. The molecule has 0 aliphatic heterocycles. The van der Waals surface area contributed by atoms with Crippen LogP contribution in [0.25, 0.3) is 0 Å². The van der Waals surface area contributed by atoms with E-state index in [1.54, 1.807) is 11.8 Å². The van der Waals surface area contributed by atoms with Crippen LogP contribution in [0.4, 0.5) is 0 Å². The molecule has 16 heavy (non-hydrogen) atoms. The Balaban J connectivity index is 2.85. The lowest BCUT2D eigenvalue weighted by Gasteiger charge is -2.28. The molecule has 0 spiro atoms. The first-order valence-corrected chi connectivity index (χ1v) is 6.60. The van der Waals surface area contributed by atoms with Gasteiger partial charge in [-0.15, -0.1) is 0 Å². The van der Waals surface area contributed by atoms with Gasteiger partial charge in [-0.3, -0.25) is 10.1 Å². The van der Waals surface area contributed by atoms with Crippen LogP contribution in [0.3, 0.4) is 0 Å². The zero-order chi connectivity index (χ0) is 12.0. The number of nitrogens with one attached hydrogen (secondary N) is 1. The van der Waals surface area contributed by atoms with Crippen LogP contribution >= 0.6 is 11.8 Å². The summed E-state index contributed by atoms with van der Waals surface area (Å²) in [5, 5.41) is 3.22. The minimum atomic E-state index is -0.781. The Hall–Kier alpha value is -1.00. The van der Waals surface area contributed by atoms with Gasteiger partial charge >= 0.3 is 0 Å². The normalized spacial score (nSPS) is 14.4. The van der Waals surface area contributed by atoms with E-state index in [2.05, 4.69) is 5.32 Å². The minimum absolute atomic E-state index is 0.347. The van der Waals surface area contributed by atoms with Crippen LogP contribution in [-0.2, 0) is 10.3 Å². The van der Waals surface area contributed by atoms with E-state index in [0.29, 0.717) is 0 Å². The van der Waals surface area contributed by atoms with Gasteiger partial charge in [-0.25, -0.2) is 0 Å². The highest BCUT2D eigenvalue weighted by Crippen LogP contribution is 2.19. The van der Waals surface area contributed by atoms with Crippen molar-refractivity contribution in [3.05, 3.63) is 35.9 Å². The summed E-state index contributed by atoms with van der Waals surface area (Å²) in [6.45, 7) is 2.58. The SMILES string of the molecule is CSCCNC(C)(C(N)=O)c1ccccc1. The number of nitrogens with two attached hydrogens (primary N) is 1. The summed E-state index contributed by atoms with van der Waals surface area (Å²) in [7, 11) is 0. The topological polar surface area (TPSA) is 55.1 Å². The lowest BCUT2D eigenvalue weighted by molar-refractivity contribution is -0.124. The molecule has 1 atom stereocenters. The molecule has 4 heteroatoms. The third kappa shape index (κ3) is 3.00. The Morgan fingerprint density at radius 1 is 1.44 bits per heavy atom. The first-order chi connectivity index (χ1) is 7.61. The molecule has 88 valence electrons. The summed E-state index contributed by atoms with van der Waals surface area (Å²) in [5.41, 5.74) is 5.60. The van der Waals surface area contributed by atoms with E-state index in [0.717, 1.165) is 17.9 Å². The number of amides is 1. The second-order valence-electron chi connectivity index (χ2n) is 3.77. The number of primary amides is 1. The van der Waals surface area contributed by atoms with Crippen molar-refractivity contribution in [2.45, 2.75) is 12.5 Å². The molecule has 1 aromatic rings. The molecule has 0 fully saturated rings. The van der Waals surface area contributed by atoms with Gasteiger partial charge in [-0.2, -0.15) is 11.8 Å². The van der Waals surface area contributed by atoms with Gasteiger partial charge in [0.05, 0.1) is 0 Å². The average Bonchev–Trinajstić information content (AvgIpc) is 2.30. The van der Waals surface area contributed by atoms with E-state index in [-0.39, 0.29) is 5.91 Å². The molecular weight excluding hydrogens is 220 g/mol. The van der Waals surface area contributed by atoms with E-state index in [1.807, 2.05) is 43.5 Å². The Morgan fingerprint density at radius 3 is 2.56 bits per heavy atom. The van der Waals surface area contributed by atoms with E-state index in [1.165, 1.54) is 0 Å². The fourth-order valence-electron chi connectivity index (χ4n) is 1.51. The van der Waals surface area contributed by atoms with Crippen LogP contribution in [0.1, 0.15) is 12.5 Å². The number of rotatable bonds is 6. The van der Waals surface area contributed by atoms with Crippen LogP contribution < -0.4 is 11.1 Å². The fraction of sp³-hybridized carbons (Fsp3) is 0.417. The fourth-order valence-corrected chi connectivity index (χ4v) is 1.81. The smallest absolute Gasteiger partial charge is 0.242 e. The van der Waals surface area contributed by atoms with Gasteiger partial charge in [0.15, 0.2) is 0 Å². The van der Waals surface area contributed by atoms with Gasteiger partial charge < -0.3 is 5.73 Å². The Kier molecular flexibility index (Phi) is 4.83. The molecule has 0 bridgehead atoms. The summed E-state index contributed by atoms with van der Waals surface area (Å²) in [6, 6.07) is 9.57. The van der Waals surface area contributed by atoms with Crippen molar-refractivity contribution in [1.29, 1.82) is 0 Å². The standard InChI is InChI=1S/C12H18N2OS/c1-12(11(13)15,14-8-9-16-2)10-6-4-3-5-7-10/h3-7,14H,8-9H2,1-2H3,(H2,13,15). The van der Waals surface area contributed by atoms with Gasteiger partial charge in [0.25, 0.3) is 0 Å². The maximum atomic E-state index is 11.6. The van der Waals surface area contributed by atoms with Gasteiger partial charge in [-0.1, -0.05) is 30.3 Å². The zero-order valence-corrected chi connectivity index (χ0v) is 10.5. The number of hydrogen-bond donors (Lipinski definition) is 2. The molecule has 0 saturated carbocycles. The van der Waals surface area contributed by atoms with Gasteiger partial charge in [0, 0.05) is 12.3 Å². The molecule has 0 aromatic heterocycles. The Bertz CT molecular complexity index is 342. The molecule has 3 N–H and O–H groups in total. The van der Waals surface area contributed by atoms with Crippen LogP contribution in [0, 0.1) is 0 Å². The van der Waals surface area contributed by atoms with Crippen molar-refractivity contribution < 1.29 is 4.79 Å². The van der Waals surface area contributed by atoms with Crippen LogP contribution in [0.5, 0.6) is 0 Å². The van der Waals surface area contributed by atoms with Gasteiger partial charge in [0.1, 0.15) is 5.54 Å². The Labute approximate surface area is 101 Å². The first-order valence-electron chi connectivity index (χ1n) is 5.20. The number of carbonyl (C=O) groups is 1. The summed E-state index contributed by atoms with van der Waals surface area (Å²) < 4.78 is 0. The third-order valence-corrected chi connectivity index (χ3v) is 3.24. The van der Waals surface area contributed by atoms with Crippen LogP contribution in [0.2, 0.25) is 0 Å². The molecule has 0 aliphatic rings. The number of hydrogen-bond acceptors (Lipinski definition) is 3. The molecule has 3 nitrogen and oxygen atoms in total. The van der Waals surface area contributed by atoms with Crippen LogP contribution in [0.15, 0.2) is 30.3 Å². The second kappa shape index (κ2) is 5.92. The summed E-state index contributed by atoms with van der Waals surface area (Å²) in [6.07, 6.45) is 2.03. The molecule has 0 saturated heterocycles. The molecular formula is C12H18N2OS. The van der Waals surface area contributed by atoms with E-state index >= 15 is 0 Å². The average molecular weight is 238 g/mol. The summed E-state index contributed by atoms with van der Waals surface area (Å²) in [4.78, 5) is 11.6. The van der Waals surface area contributed by atoms with Gasteiger partial charge in [0.2, 0.25) is 5.91 Å². The lowest BCUT2D eigenvalue weighted by Crippen LogP contribution is -2.51. The van der Waals surface area contributed by atoms with E-state index in [4.69, 9.17) is 5.73 Å².